The molecule has 12 rings (SSSR count). The lowest BCUT2D eigenvalue weighted by molar-refractivity contribution is 0.660. The second kappa shape index (κ2) is 11.8. The van der Waals surface area contributed by atoms with Crippen LogP contribution in [0.3, 0.4) is 0 Å². The summed E-state index contributed by atoms with van der Waals surface area (Å²) >= 11 is 0. The lowest BCUT2D eigenvalue weighted by Gasteiger charge is -2.21. The Bertz CT molecular complexity index is 4070. The molecule has 5 heteroatoms. The molecule has 11 aromatic rings. The number of nitrogens with zero attached hydrogens (tertiary/aromatic N) is 3. The van der Waals surface area contributed by atoms with E-state index in [1.165, 1.54) is 5.56 Å². The highest BCUT2D eigenvalue weighted by atomic mass is 16.3. The van der Waals surface area contributed by atoms with Gasteiger partial charge in [-0.25, -0.2) is 15.0 Å². The highest BCUT2D eigenvalue weighted by Gasteiger charge is 2.35. The maximum absolute atomic E-state index is 9.78. The van der Waals surface area contributed by atoms with Crippen molar-refractivity contribution in [1.82, 2.24) is 15.0 Å². The molecular formula is C52H33N3O2. The van der Waals surface area contributed by atoms with Crippen molar-refractivity contribution in [1.29, 1.82) is 0 Å². The zero-order valence-corrected chi connectivity index (χ0v) is 30.4. The van der Waals surface area contributed by atoms with E-state index < -0.39 is 66.5 Å². The SMILES string of the molecule is [2H]c1c([2H])c([2H])c2c(oc3c4c(oc5c([2H])c(-c6nc(-c7ccc(-c8ccccc8)cc7)nc(-c7ccc8c(c7)C(C)(C)c7ccccc7-8)n6)c([2H])c([2H])c54)c4c([2H])c([2H])c([2H])c([2H])c4c32)c1[2H]. The third kappa shape index (κ3) is 4.72. The quantitative estimate of drug-likeness (QED) is 0.180. The normalized spacial score (nSPS) is 15.9. The van der Waals surface area contributed by atoms with Gasteiger partial charge in [0.15, 0.2) is 17.5 Å². The molecule has 0 N–H and O–H groups in total. The van der Waals surface area contributed by atoms with Crippen LogP contribution in [0.2, 0.25) is 0 Å². The van der Waals surface area contributed by atoms with Crippen LogP contribution >= 0.6 is 0 Å². The second-order valence-electron chi connectivity index (χ2n) is 14.7. The molecule has 1 aliphatic carbocycles. The standard InChI is InChI=1S/C52H33N3O2/c1-52(2)41-18-10-8-14-35(41)36-26-24-33(28-42(36)52)50-53-49(32-22-20-31(21-23-32)30-12-4-3-5-13-30)54-51(55-50)34-25-27-40-44(29-34)57-47-38-16-7-6-15-37(38)45-39-17-9-11-19-43(39)56-48(45)46(40)47/h3-29H,1-2H3/i6D,7D,9D,11D,15D,16D,17D,19D,25D,27D,29D. The minimum atomic E-state index is -0.599. The number of hydrogen-bond acceptors (Lipinski definition) is 5. The van der Waals surface area contributed by atoms with Gasteiger partial charge in [-0.05, 0) is 63.0 Å². The Hall–Kier alpha value is -7.37. The lowest BCUT2D eigenvalue weighted by atomic mass is 9.82. The van der Waals surface area contributed by atoms with Crippen molar-refractivity contribution in [2.75, 3.05) is 0 Å². The Labute approximate surface area is 343 Å². The first-order chi connectivity index (χ1) is 32.6. The largest absolute Gasteiger partial charge is 0.455 e. The number of furan rings is 2. The van der Waals surface area contributed by atoms with E-state index >= 15 is 0 Å². The van der Waals surface area contributed by atoms with Gasteiger partial charge >= 0.3 is 0 Å². The van der Waals surface area contributed by atoms with Gasteiger partial charge in [-0.2, -0.15) is 0 Å². The smallest absolute Gasteiger partial charge is 0.164 e. The molecule has 0 spiro atoms. The molecule has 0 saturated carbocycles. The molecule has 0 aliphatic heterocycles. The van der Waals surface area contributed by atoms with Gasteiger partial charge in [-0.15, -0.1) is 0 Å². The fourth-order valence-electron chi connectivity index (χ4n) is 8.35. The number of para-hydroxylation sites is 1. The van der Waals surface area contributed by atoms with Crippen molar-refractivity contribution in [3.05, 3.63) is 175 Å². The molecule has 0 bridgehead atoms. The number of benzene rings is 8. The lowest BCUT2D eigenvalue weighted by Crippen LogP contribution is -2.15. The summed E-state index contributed by atoms with van der Waals surface area (Å²) in [5.41, 5.74) is 6.41. The van der Waals surface area contributed by atoms with Crippen LogP contribution in [0.1, 0.15) is 40.1 Å². The van der Waals surface area contributed by atoms with Crippen LogP contribution in [0.4, 0.5) is 0 Å². The molecule has 3 aromatic heterocycles. The van der Waals surface area contributed by atoms with Crippen LogP contribution in [-0.2, 0) is 5.41 Å². The van der Waals surface area contributed by atoms with Gasteiger partial charge in [-0.3, -0.25) is 0 Å². The van der Waals surface area contributed by atoms with E-state index in [2.05, 4.69) is 32.0 Å². The Balaban J connectivity index is 1.15. The van der Waals surface area contributed by atoms with Gasteiger partial charge < -0.3 is 8.83 Å². The van der Waals surface area contributed by atoms with Crippen molar-refractivity contribution >= 4 is 54.6 Å². The summed E-state index contributed by atoms with van der Waals surface area (Å²) in [6, 6.07) is 26.2. The summed E-state index contributed by atoms with van der Waals surface area (Å²) in [5, 5.41) is -0.580. The van der Waals surface area contributed by atoms with Gasteiger partial charge in [0.1, 0.15) is 22.3 Å². The van der Waals surface area contributed by atoms with Crippen molar-refractivity contribution in [2.24, 2.45) is 0 Å². The molecular weight excluding hydrogens is 699 g/mol. The van der Waals surface area contributed by atoms with Crippen LogP contribution < -0.4 is 0 Å². The van der Waals surface area contributed by atoms with Crippen LogP contribution in [0, 0.1) is 0 Å². The van der Waals surface area contributed by atoms with Crippen molar-refractivity contribution in [2.45, 2.75) is 19.3 Å². The summed E-state index contributed by atoms with van der Waals surface area (Å²) in [6.45, 7) is 4.34. The molecule has 0 atom stereocenters. The van der Waals surface area contributed by atoms with Gasteiger partial charge in [0.05, 0.1) is 20.5 Å². The highest BCUT2D eigenvalue weighted by Crippen LogP contribution is 2.50. The zero-order chi connectivity index (χ0) is 47.4. The fraction of sp³-hybridized carbons (Fsp3) is 0.0577. The minimum absolute atomic E-state index is 0.0311. The maximum atomic E-state index is 9.78. The van der Waals surface area contributed by atoms with E-state index in [1.54, 1.807) is 0 Å². The van der Waals surface area contributed by atoms with Crippen molar-refractivity contribution in [3.8, 4) is 56.4 Å². The summed E-state index contributed by atoms with van der Waals surface area (Å²) < 4.78 is 112. The molecule has 0 amide bonds. The van der Waals surface area contributed by atoms with Crippen LogP contribution in [0.15, 0.2) is 172 Å². The van der Waals surface area contributed by atoms with Crippen LogP contribution in [0.25, 0.3) is 111 Å². The summed E-state index contributed by atoms with van der Waals surface area (Å²) in [5.74, 6) is 0.413. The molecule has 8 aromatic carbocycles. The third-order valence-electron chi connectivity index (χ3n) is 11.1. The van der Waals surface area contributed by atoms with E-state index in [4.69, 9.17) is 34.8 Å². The number of aromatic nitrogens is 3. The average Bonchev–Trinajstić information content (AvgIpc) is 4.02. The van der Waals surface area contributed by atoms with E-state index in [0.717, 1.165) is 27.8 Å². The molecule has 0 saturated heterocycles. The van der Waals surface area contributed by atoms with E-state index in [9.17, 15) is 4.11 Å². The maximum Gasteiger partial charge on any atom is 0.164 e. The number of rotatable bonds is 4. The zero-order valence-electron chi connectivity index (χ0n) is 41.4. The van der Waals surface area contributed by atoms with Crippen molar-refractivity contribution < 1.29 is 23.9 Å². The molecule has 5 nitrogen and oxygen atoms in total. The van der Waals surface area contributed by atoms with Crippen LogP contribution in [-0.4, -0.2) is 15.0 Å². The van der Waals surface area contributed by atoms with E-state index in [-0.39, 0.29) is 83.1 Å². The summed E-state index contributed by atoms with van der Waals surface area (Å²) in [6.07, 6.45) is 0. The highest BCUT2D eigenvalue weighted by molar-refractivity contribution is 6.33. The molecule has 268 valence electrons. The molecule has 1 aliphatic rings. The fourth-order valence-corrected chi connectivity index (χ4v) is 8.35. The summed E-state index contributed by atoms with van der Waals surface area (Å²) in [7, 11) is 0. The predicted octanol–water partition coefficient (Wildman–Crippen LogP) is 13.8. The predicted molar refractivity (Wildman–Crippen MR) is 231 cm³/mol. The summed E-state index contributed by atoms with van der Waals surface area (Å²) in [4.78, 5) is 14.8. The topological polar surface area (TPSA) is 65.0 Å². The van der Waals surface area contributed by atoms with E-state index in [0.29, 0.717) is 11.1 Å². The molecule has 3 heterocycles. The van der Waals surface area contributed by atoms with Crippen LogP contribution in [0.5, 0.6) is 0 Å². The van der Waals surface area contributed by atoms with Gasteiger partial charge in [0.2, 0.25) is 0 Å². The number of fused-ring (bicyclic) bond motifs is 13. The average molecular weight is 743 g/mol. The van der Waals surface area contributed by atoms with Gasteiger partial charge in [0.25, 0.3) is 0 Å². The van der Waals surface area contributed by atoms with Gasteiger partial charge in [0, 0.05) is 43.7 Å². The molecule has 57 heavy (non-hydrogen) atoms. The second-order valence-corrected chi connectivity index (χ2v) is 14.7. The molecule has 0 fully saturated rings. The first-order valence-corrected chi connectivity index (χ1v) is 18.5. The number of hydrogen-bond donors (Lipinski definition) is 0. The van der Waals surface area contributed by atoms with Crippen molar-refractivity contribution in [3.63, 3.8) is 0 Å². The Morgan fingerprint density at radius 3 is 1.88 bits per heavy atom. The first kappa shape index (κ1) is 22.9. The Morgan fingerprint density at radius 2 is 1.05 bits per heavy atom. The Kier molecular flexibility index (Phi) is 4.74. The first-order valence-electron chi connectivity index (χ1n) is 24.0. The molecule has 0 radical (unpaired) electrons. The monoisotopic (exact) mass is 742 g/mol. The molecule has 0 unspecified atom stereocenters. The Morgan fingerprint density at radius 1 is 0.456 bits per heavy atom. The van der Waals surface area contributed by atoms with E-state index in [1.807, 2.05) is 78.9 Å². The van der Waals surface area contributed by atoms with Gasteiger partial charge in [-0.1, -0.05) is 153 Å². The third-order valence-corrected chi connectivity index (χ3v) is 11.1. The minimum Gasteiger partial charge on any atom is -0.455 e.